The van der Waals surface area contributed by atoms with Gasteiger partial charge in [-0.05, 0) is 55.8 Å². The summed E-state index contributed by atoms with van der Waals surface area (Å²) in [5, 5.41) is 2.74. The van der Waals surface area contributed by atoms with Crippen LogP contribution in [0.1, 0.15) is 27.2 Å². The Morgan fingerprint density at radius 1 is 1.04 bits per heavy atom. The first-order valence-electron chi connectivity index (χ1n) is 8.36. The molecule has 7 heteroatoms. The fraction of sp³-hybridized carbons (Fsp3) is 0.150. The van der Waals surface area contributed by atoms with E-state index in [2.05, 4.69) is 10.0 Å². The summed E-state index contributed by atoms with van der Waals surface area (Å²) in [6, 6.07) is 14.9. The molecular formula is C20H20N2O4S. The third-order valence-electron chi connectivity index (χ3n) is 4.08. The molecule has 0 atom stereocenters. The first-order chi connectivity index (χ1) is 12.8. The van der Waals surface area contributed by atoms with Gasteiger partial charge in [0, 0.05) is 5.56 Å². The van der Waals surface area contributed by atoms with E-state index in [1.807, 2.05) is 6.92 Å². The predicted molar refractivity (Wildman–Crippen MR) is 103 cm³/mol. The lowest BCUT2D eigenvalue weighted by Gasteiger charge is -2.12. The highest BCUT2D eigenvalue weighted by Gasteiger charge is 2.16. The summed E-state index contributed by atoms with van der Waals surface area (Å²) in [5.41, 5.74) is 2.41. The van der Waals surface area contributed by atoms with Crippen LogP contribution in [0.2, 0.25) is 0 Å². The summed E-state index contributed by atoms with van der Waals surface area (Å²) in [5.74, 6) is 0.318. The Bertz CT molecular complexity index is 1040. The van der Waals surface area contributed by atoms with Gasteiger partial charge in [-0.1, -0.05) is 23.8 Å². The second kappa shape index (κ2) is 7.67. The zero-order valence-electron chi connectivity index (χ0n) is 15.0. The van der Waals surface area contributed by atoms with Gasteiger partial charge in [0.05, 0.1) is 23.4 Å². The van der Waals surface area contributed by atoms with Gasteiger partial charge in [-0.2, -0.15) is 0 Å². The van der Waals surface area contributed by atoms with Crippen LogP contribution >= 0.6 is 0 Å². The molecule has 0 fully saturated rings. The van der Waals surface area contributed by atoms with Crippen LogP contribution in [0, 0.1) is 13.8 Å². The second-order valence-corrected chi connectivity index (χ2v) is 7.89. The molecule has 1 amide bonds. The molecule has 6 nitrogen and oxygen atoms in total. The number of carbonyl (C=O) groups is 1. The Morgan fingerprint density at radius 2 is 1.78 bits per heavy atom. The first kappa shape index (κ1) is 18.7. The average molecular weight is 384 g/mol. The summed E-state index contributed by atoms with van der Waals surface area (Å²) in [6.45, 7) is 3.92. The first-order valence-corrected chi connectivity index (χ1v) is 9.84. The normalized spacial score (nSPS) is 11.2. The number of rotatable bonds is 6. The molecule has 0 unspecified atom stereocenters. The number of anilines is 1. The molecule has 27 heavy (non-hydrogen) atoms. The topological polar surface area (TPSA) is 88.4 Å². The Labute approximate surface area is 158 Å². The lowest BCUT2D eigenvalue weighted by Crippen LogP contribution is -2.23. The van der Waals surface area contributed by atoms with Gasteiger partial charge in [0.1, 0.15) is 5.76 Å². The SMILES string of the molecule is Cc1ccc(S(=O)(=O)Nc2cc(C(=O)NCc3ccco3)ccc2C)cc1. The number of amides is 1. The number of hydrogen-bond donors (Lipinski definition) is 2. The molecule has 1 heterocycles. The van der Waals surface area contributed by atoms with Crippen molar-refractivity contribution in [1.29, 1.82) is 0 Å². The minimum atomic E-state index is -3.74. The molecule has 0 aliphatic heterocycles. The van der Waals surface area contributed by atoms with Crippen molar-refractivity contribution >= 4 is 21.6 Å². The number of hydrogen-bond acceptors (Lipinski definition) is 4. The third kappa shape index (κ3) is 4.57. The highest BCUT2D eigenvalue weighted by Crippen LogP contribution is 2.21. The summed E-state index contributed by atoms with van der Waals surface area (Å²) in [4.78, 5) is 12.5. The Morgan fingerprint density at radius 3 is 2.44 bits per heavy atom. The zero-order chi connectivity index (χ0) is 19.4. The molecule has 2 N–H and O–H groups in total. The molecule has 3 aromatic rings. The lowest BCUT2D eigenvalue weighted by molar-refractivity contribution is 0.0948. The van der Waals surface area contributed by atoms with E-state index in [1.165, 1.54) is 12.3 Å². The van der Waals surface area contributed by atoms with Crippen molar-refractivity contribution in [2.45, 2.75) is 25.3 Å². The van der Waals surface area contributed by atoms with E-state index < -0.39 is 10.0 Å². The van der Waals surface area contributed by atoms with E-state index >= 15 is 0 Å². The van der Waals surface area contributed by atoms with E-state index in [4.69, 9.17) is 4.42 Å². The van der Waals surface area contributed by atoms with Crippen LogP contribution in [0.3, 0.4) is 0 Å². The average Bonchev–Trinajstić information content (AvgIpc) is 3.15. The molecular weight excluding hydrogens is 364 g/mol. The highest BCUT2D eigenvalue weighted by atomic mass is 32.2. The van der Waals surface area contributed by atoms with Crippen molar-refractivity contribution in [3.63, 3.8) is 0 Å². The molecule has 0 aliphatic carbocycles. The van der Waals surface area contributed by atoms with Gasteiger partial charge in [0.15, 0.2) is 0 Å². The fourth-order valence-electron chi connectivity index (χ4n) is 2.48. The van der Waals surface area contributed by atoms with Gasteiger partial charge in [-0.3, -0.25) is 9.52 Å². The van der Waals surface area contributed by atoms with Gasteiger partial charge in [0.2, 0.25) is 0 Å². The van der Waals surface area contributed by atoms with Gasteiger partial charge < -0.3 is 9.73 Å². The monoisotopic (exact) mass is 384 g/mol. The maximum atomic E-state index is 12.6. The van der Waals surface area contributed by atoms with Crippen molar-refractivity contribution in [3.05, 3.63) is 83.3 Å². The maximum Gasteiger partial charge on any atom is 0.261 e. The highest BCUT2D eigenvalue weighted by molar-refractivity contribution is 7.92. The quantitative estimate of drug-likeness (QED) is 0.679. The van der Waals surface area contributed by atoms with Crippen LogP contribution in [-0.4, -0.2) is 14.3 Å². The molecule has 0 saturated heterocycles. The van der Waals surface area contributed by atoms with Crippen LogP contribution in [0.5, 0.6) is 0 Å². The number of aryl methyl sites for hydroxylation is 2. The third-order valence-corrected chi connectivity index (χ3v) is 5.46. The standard InChI is InChI=1S/C20H20N2O4S/c1-14-5-9-18(10-6-14)27(24,25)22-19-12-16(8-7-15(19)2)20(23)21-13-17-4-3-11-26-17/h3-12,22H,13H2,1-2H3,(H,21,23). The van der Waals surface area contributed by atoms with Crippen molar-refractivity contribution in [1.82, 2.24) is 5.32 Å². The zero-order valence-corrected chi connectivity index (χ0v) is 15.8. The van der Waals surface area contributed by atoms with Crippen LogP contribution in [0.25, 0.3) is 0 Å². The number of furan rings is 1. The van der Waals surface area contributed by atoms with Crippen LogP contribution < -0.4 is 10.0 Å². The van der Waals surface area contributed by atoms with Gasteiger partial charge >= 0.3 is 0 Å². The van der Waals surface area contributed by atoms with Crippen molar-refractivity contribution < 1.29 is 17.6 Å². The fourth-order valence-corrected chi connectivity index (χ4v) is 3.60. The van der Waals surface area contributed by atoms with E-state index in [0.717, 1.165) is 5.56 Å². The smallest absolute Gasteiger partial charge is 0.261 e. The second-order valence-electron chi connectivity index (χ2n) is 6.21. The van der Waals surface area contributed by atoms with E-state index in [0.29, 0.717) is 22.6 Å². The Balaban J connectivity index is 1.78. The van der Waals surface area contributed by atoms with Gasteiger partial charge in [-0.15, -0.1) is 0 Å². The Hall–Kier alpha value is -3.06. The summed E-state index contributed by atoms with van der Waals surface area (Å²) in [6.07, 6.45) is 1.53. The Kier molecular flexibility index (Phi) is 5.32. The minimum Gasteiger partial charge on any atom is -0.467 e. The summed E-state index contributed by atoms with van der Waals surface area (Å²) in [7, 11) is -3.74. The molecule has 0 spiro atoms. The van der Waals surface area contributed by atoms with Crippen molar-refractivity contribution in [2.24, 2.45) is 0 Å². The van der Waals surface area contributed by atoms with Crippen molar-refractivity contribution in [3.8, 4) is 0 Å². The molecule has 0 saturated carbocycles. The number of carbonyl (C=O) groups excluding carboxylic acids is 1. The van der Waals surface area contributed by atoms with Gasteiger partial charge in [0.25, 0.3) is 15.9 Å². The molecule has 0 bridgehead atoms. The van der Waals surface area contributed by atoms with E-state index in [9.17, 15) is 13.2 Å². The molecule has 3 rings (SSSR count). The molecule has 0 radical (unpaired) electrons. The number of sulfonamides is 1. The molecule has 1 aromatic heterocycles. The summed E-state index contributed by atoms with van der Waals surface area (Å²) < 4.78 is 32.9. The number of nitrogens with one attached hydrogen (secondary N) is 2. The molecule has 140 valence electrons. The lowest BCUT2D eigenvalue weighted by atomic mass is 10.1. The van der Waals surface area contributed by atoms with E-state index in [-0.39, 0.29) is 17.3 Å². The number of benzene rings is 2. The van der Waals surface area contributed by atoms with E-state index in [1.54, 1.807) is 55.5 Å². The molecule has 2 aromatic carbocycles. The van der Waals surface area contributed by atoms with Crippen LogP contribution in [0.4, 0.5) is 5.69 Å². The van der Waals surface area contributed by atoms with Crippen molar-refractivity contribution in [2.75, 3.05) is 4.72 Å². The van der Waals surface area contributed by atoms with Crippen LogP contribution in [0.15, 0.2) is 70.2 Å². The predicted octanol–water partition coefficient (Wildman–Crippen LogP) is 3.63. The summed E-state index contributed by atoms with van der Waals surface area (Å²) >= 11 is 0. The largest absolute Gasteiger partial charge is 0.467 e. The minimum absolute atomic E-state index is 0.167. The maximum absolute atomic E-state index is 12.6. The van der Waals surface area contributed by atoms with Crippen LogP contribution in [-0.2, 0) is 16.6 Å². The van der Waals surface area contributed by atoms with Gasteiger partial charge in [-0.25, -0.2) is 8.42 Å². The molecule has 0 aliphatic rings.